The van der Waals surface area contributed by atoms with Crippen molar-refractivity contribution in [2.45, 2.75) is 19.9 Å². The lowest BCUT2D eigenvalue weighted by Crippen LogP contribution is -2.11. The maximum atomic E-state index is 13.1. The number of nitrogens with zero attached hydrogens (tertiary/aromatic N) is 4. The maximum Gasteiger partial charge on any atom is 0.226 e. The van der Waals surface area contributed by atoms with Gasteiger partial charge in [0, 0.05) is 11.8 Å². The zero-order chi connectivity index (χ0) is 18.1. The normalized spacial score (nSPS) is 12.3. The molecule has 0 saturated carbocycles. The standard InChI is InChI=1S/C17H16FN7S/c1-9-7-14(25-24-9)21-15-12-5-6-26-16(12)23-17(22-15)20-10(2)13-4-3-11(18)8-19-13/h3-8,10H,1-2H3,(H3,20,21,22,23,24,25)/t10-/m0/s1. The van der Waals surface area contributed by atoms with Gasteiger partial charge < -0.3 is 10.6 Å². The average molecular weight is 369 g/mol. The van der Waals surface area contributed by atoms with Crippen LogP contribution in [-0.2, 0) is 0 Å². The van der Waals surface area contributed by atoms with Gasteiger partial charge in [-0.1, -0.05) is 0 Å². The van der Waals surface area contributed by atoms with Crippen molar-refractivity contribution in [3.63, 3.8) is 0 Å². The Morgan fingerprint density at radius 3 is 2.85 bits per heavy atom. The molecule has 4 aromatic heterocycles. The second-order valence-corrected chi connectivity index (χ2v) is 6.76. The summed E-state index contributed by atoms with van der Waals surface area (Å²) >= 11 is 1.53. The third kappa shape index (κ3) is 3.33. The second-order valence-electron chi connectivity index (χ2n) is 5.86. The first-order valence-corrected chi connectivity index (χ1v) is 8.89. The number of hydrogen-bond acceptors (Lipinski definition) is 7. The number of anilines is 3. The molecule has 0 fully saturated rings. The summed E-state index contributed by atoms with van der Waals surface area (Å²) in [6.45, 7) is 3.86. The lowest BCUT2D eigenvalue weighted by Gasteiger charge is -2.14. The van der Waals surface area contributed by atoms with E-state index in [0.29, 0.717) is 23.3 Å². The van der Waals surface area contributed by atoms with Crippen LogP contribution in [0.5, 0.6) is 0 Å². The van der Waals surface area contributed by atoms with E-state index < -0.39 is 0 Å². The third-order valence-corrected chi connectivity index (χ3v) is 4.62. The molecule has 0 aliphatic rings. The SMILES string of the molecule is Cc1cc(Nc2nc(N[C@@H](C)c3ccc(F)cn3)nc3sccc23)n[nH]1. The highest BCUT2D eigenvalue weighted by atomic mass is 32.1. The largest absolute Gasteiger partial charge is 0.346 e. The molecular formula is C17H16FN7S. The molecule has 4 aromatic rings. The number of halogens is 1. The van der Waals surface area contributed by atoms with Crippen molar-refractivity contribution in [3.8, 4) is 0 Å². The van der Waals surface area contributed by atoms with E-state index in [0.717, 1.165) is 15.9 Å². The van der Waals surface area contributed by atoms with Crippen LogP contribution in [0.1, 0.15) is 24.4 Å². The zero-order valence-corrected chi connectivity index (χ0v) is 14.9. The molecule has 0 radical (unpaired) electrons. The third-order valence-electron chi connectivity index (χ3n) is 3.82. The van der Waals surface area contributed by atoms with Crippen LogP contribution >= 0.6 is 11.3 Å². The minimum atomic E-state index is -0.363. The van der Waals surface area contributed by atoms with Gasteiger partial charge in [0.1, 0.15) is 16.5 Å². The first kappa shape index (κ1) is 16.4. The molecule has 0 bridgehead atoms. The van der Waals surface area contributed by atoms with Gasteiger partial charge in [-0.2, -0.15) is 10.1 Å². The van der Waals surface area contributed by atoms with Crippen LogP contribution in [0.3, 0.4) is 0 Å². The molecule has 0 amide bonds. The maximum absolute atomic E-state index is 13.1. The summed E-state index contributed by atoms with van der Waals surface area (Å²) in [5.41, 5.74) is 1.66. The van der Waals surface area contributed by atoms with Gasteiger partial charge in [0.15, 0.2) is 5.82 Å². The van der Waals surface area contributed by atoms with Crippen molar-refractivity contribution in [3.05, 3.63) is 53.0 Å². The smallest absolute Gasteiger partial charge is 0.226 e. The minimum Gasteiger partial charge on any atom is -0.346 e. The summed E-state index contributed by atoms with van der Waals surface area (Å²) in [7, 11) is 0. The van der Waals surface area contributed by atoms with Crippen molar-refractivity contribution in [2.24, 2.45) is 0 Å². The monoisotopic (exact) mass is 369 g/mol. The molecule has 3 N–H and O–H groups in total. The summed E-state index contributed by atoms with van der Waals surface area (Å²) in [6, 6.07) is 6.72. The lowest BCUT2D eigenvalue weighted by atomic mass is 10.2. The van der Waals surface area contributed by atoms with Crippen LogP contribution in [0.2, 0.25) is 0 Å². The number of nitrogens with one attached hydrogen (secondary N) is 3. The molecule has 4 rings (SSSR count). The Kier molecular flexibility index (Phi) is 4.21. The molecule has 0 unspecified atom stereocenters. The molecule has 0 spiro atoms. The number of pyridine rings is 1. The summed E-state index contributed by atoms with van der Waals surface area (Å²) in [5.74, 6) is 1.46. The first-order valence-electron chi connectivity index (χ1n) is 8.01. The van der Waals surface area contributed by atoms with Gasteiger partial charge in [-0.25, -0.2) is 9.37 Å². The lowest BCUT2D eigenvalue weighted by molar-refractivity contribution is 0.617. The first-order chi connectivity index (χ1) is 12.6. The van der Waals surface area contributed by atoms with E-state index in [1.54, 1.807) is 6.07 Å². The molecule has 0 aliphatic heterocycles. The highest BCUT2D eigenvalue weighted by molar-refractivity contribution is 7.16. The van der Waals surface area contributed by atoms with Crippen LogP contribution in [0.4, 0.5) is 22.0 Å². The summed E-state index contributed by atoms with van der Waals surface area (Å²) in [6.07, 6.45) is 1.20. The van der Waals surface area contributed by atoms with E-state index in [1.165, 1.54) is 23.6 Å². The van der Waals surface area contributed by atoms with Crippen molar-refractivity contribution >= 4 is 39.1 Å². The van der Waals surface area contributed by atoms with E-state index in [1.807, 2.05) is 31.4 Å². The van der Waals surface area contributed by atoms with E-state index in [9.17, 15) is 4.39 Å². The molecule has 26 heavy (non-hydrogen) atoms. The number of H-pyrrole nitrogens is 1. The number of aromatic amines is 1. The fourth-order valence-corrected chi connectivity index (χ4v) is 3.29. The summed E-state index contributed by atoms with van der Waals surface area (Å²) in [4.78, 5) is 14.1. The van der Waals surface area contributed by atoms with Crippen molar-refractivity contribution in [1.29, 1.82) is 0 Å². The Morgan fingerprint density at radius 1 is 1.23 bits per heavy atom. The van der Waals surface area contributed by atoms with Gasteiger partial charge in [0.05, 0.1) is 23.3 Å². The minimum absolute atomic E-state index is 0.173. The molecule has 7 nitrogen and oxygen atoms in total. The van der Waals surface area contributed by atoms with Crippen LogP contribution in [-0.4, -0.2) is 25.1 Å². The molecule has 4 heterocycles. The van der Waals surface area contributed by atoms with E-state index in [4.69, 9.17) is 0 Å². The van der Waals surface area contributed by atoms with Gasteiger partial charge in [-0.05, 0) is 37.4 Å². The van der Waals surface area contributed by atoms with E-state index in [2.05, 4.69) is 35.8 Å². The van der Waals surface area contributed by atoms with Gasteiger partial charge >= 0.3 is 0 Å². The number of aromatic nitrogens is 5. The zero-order valence-electron chi connectivity index (χ0n) is 14.1. The Balaban J connectivity index is 1.63. The van der Waals surface area contributed by atoms with Gasteiger partial charge in [-0.15, -0.1) is 11.3 Å². The number of fused-ring (bicyclic) bond motifs is 1. The van der Waals surface area contributed by atoms with Crippen LogP contribution < -0.4 is 10.6 Å². The number of aryl methyl sites for hydroxylation is 1. The summed E-state index contributed by atoms with van der Waals surface area (Å²) < 4.78 is 13.1. The Labute approximate surface area is 152 Å². The molecular weight excluding hydrogens is 353 g/mol. The van der Waals surface area contributed by atoms with E-state index >= 15 is 0 Å². The predicted molar refractivity (Wildman–Crippen MR) is 100 cm³/mol. The Morgan fingerprint density at radius 2 is 2.12 bits per heavy atom. The highest BCUT2D eigenvalue weighted by Gasteiger charge is 2.13. The van der Waals surface area contributed by atoms with Crippen LogP contribution in [0.15, 0.2) is 35.8 Å². The Bertz CT molecular complexity index is 1040. The molecule has 1 atom stereocenters. The molecule has 132 valence electrons. The number of hydrogen-bond donors (Lipinski definition) is 3. The van der Waals surface area contributed by atoms with Crippen molar-refractivity contribution in [1.82, 2.24) is 25.1 Å². The van der Waals surface area contributed by atoms with Crippen molar-refractivity contribution < 1.29 is 4.39 Å². The van der Waals surface area contributed by atoms with Gasteiger partial charge in [0.2, 0.25) is 5.95 Å². The Hall–Kier alpha value is -3.07. The number of thiophene rings is 1. The van der Waals surface area contributed by atoms with E-state index in [-0.39, 0.29) is 11.9 Å². The van der Waals surface area contributed by atoms with Crippen molar-refractivity contribution in [2.75, 3.05) is 10.6 Å². The van der Waals surface area contributed by atoms with Crippen LogP contribution in [0.25, 0.3) is 10.2 Å². The molecule has 0 aliphatic carbocycles. The quantitative estimate of drug-likeness (QED) is 0.489. The fraction of sp³-hybridized carbons (Fsp3) is 0.176. The van der Waals surface area contributed by atoms with Gasteiger partial charge in [-0.3, -0.25) is 10.1 Å². The molecule has 9 heteroatoms. The fourth-order valence-electron chi connectivity index (χ4n) is 2.53. The average Bonchev–Trinajstić information content (AvgIpc) is 3.24. The topological polar surface area (TPSA) is 91.4 Å². The van der Waals surface area contributed by atoms with Gasteiger partial charge in [0.25, 0.3) is 0 Å². The predicted octanol–water partition coefficient (Wildman–Crippen LogP) is 4.17. The van der Waals surface area contributed by atoms with Crippen LogP contribution in [0, 0.1) is 12.7 Å². The molecule has 0 saturated heterocycles. The summed E-state index contributed by atoms with van der Waals surface area (Å²) in [5, 5.41) is 16.4. The molecule has 0 aromatic carbocycles. The highest BCUT2D eigenvalue weighted by Crippen LogP contribution is 2.29. The second kappa shape index (κ2) is 6.68. The number of rotatable bonds is 5.